The lowest BCUT2D eigenvalue weighted by Crippen LogP contribution is -2.33. The molecule has 1 aromatic heterocycles. The number of methoxy groups -OCH3 is 1. The van der Waals surface area contributed by atoms with Gasteiger partial charge in [0.2, 0.25) is 0 Å². The van der Waals surface area contributed by atoms with Crippen LogP contribution in [0.15, 0.2) is 54.7 Å². The summed E-state index contributed by atoms with van der Waals surface area (Å²) in [5, 5.41) is 2.53. The van der Waals surface area contributed by atoms with Gasteiger partial charge < -0.3 is 4.74 Å². The van der Waals surface area contributed by atoms with Crippen LogP contribution in [0.1, 0.15) is 16.7 Å². The molecular weight excluding hydrogens is 464 g/mol. The van der Waals surface area contributed by atoms with E-state index in [2.05, 4.69) is 10.3 Å². The van der Waals surface area contributed by atoms with Gasteiger partial charge in [-0.3, -0.25) is 10.2 Å². The molecule has 2 heterocycles. The Morgan fingerprint density at radius 1 is 0.971 bits per heavy atom. The van der Waals surface area contributed by atoms with Crippen molar-refractivity contribution in [2.24, 2.45) is 0 Å². The molecule has 11 heteroatoms. The number of amides is 2. The number of pyridine rings is 1. The molecule has 4 rings (SSSR count). The van der Waals surface area contributed by atoms with E-state index in [4.69, 9.17) is 4.74 Å². The average molecular weight is 481 g/mol. The third-order valence-corrected chi connectivity index (χ3v) is 5.39. The second kappa shape index (κ2) is 8.54. The number of rotatable bonds is 3. The van der Waals surface area contributed by atoms with E-state index in [0.717, 1.165) is 25.3 Å². The number of aromatic nitrogens is 1. The van der Waals surface area contributed by atoms with Crippen LogP contribution in [0.25, 0.3) is 11.1 Å². The van der Waals surface area contributed by atoms with Crippen LogP contribution in [-0.2, 0) is 18.8 Å². The Balaban J connectivity index is 1.50. The van der Waals surface area contributed by atoms with E-state index in [0.29, 0.717) is 23.1 Å². The summed E-state index contributed by atoms with van der Waals surface area (Å²) in [4.78, 5) is 18.0. The van der Waals surface area contributed by atoms with Crippen molar-refractivity contribution in [2.75, 3.05) is 23.9 Å². The Kier molecular flexibility index (Phi) is 5.88. The van der Waals surface area contributed by atoms with Crippen molar-refractivity contribution in [3.63, 3.8) is 0 Å². The van der Waals surface area contributed by atoms with Gasteiger partial charge in [0.15, 0.2) is 0 Å². The molecule has 1 aliphatic heterocycles. The predicted octanol–water partition coefficient (Wildman–Crippen LogP) is 6.39. The molecule has 0 aliphatic carbocycles. The first-order chi connectivity index (χ1) is 16.0. The van der Waals surface area contributed by atoms with Gasteiger partial charge in [-0.2, -0.15) is 26.3 Å². The van der Waals surface area contributed by atoms with E-state index in [1.807, 2.05) is 0 Å². The molecule has 5 nitrogen and oxygen atoms in total. The fourth-order valence-corrected chi connectivity index (χ4v) is 3.68. The molecule has 2 aromatic carbocycles. The minimum Gasteiger partial charge on any atom is -0.496 e. The quantitative estimate of drug-likeness (QED) is 0.441. The fraction of sp³-hybridized carbons (Fsp3) is 0.217. The molecule has 0 atom stereocenters. The molecule has 0 saturated heterocycles. The van der Waals surface area contributed by atoms with Crippen molar-refractivity contribution in [1.29, 1.82) is 0 Å². The SMILES string of the molecule is COc1cc2c(cc1C(F)(F)F)N(C(=O)Nc1ccc(-c3ccc(C(F)(F)F)cc3)cn1)CC2. The zero-order chi connectivity index (χ0) is 24.7. The maximum atomic E-state index is 13.4. The Bertz CT molecular complexity index is 1210. The highest BCUT2D eigenvalue weighted by Gasteiger charge is 2.37. The number of fused-ring (bicyclic) bond motifs is 1. The molecule has 0 radical (unpaired) electrons. The van der Waals surface area contributed by atoms with Gasteiger partial charge in [0.25, 0.3) is 0 Å². The monoisotopic (exact) mass is 481 g/mol. The van der Waals surface area contributed by atoms with Gasteiger partial charge in [-0.15, -0.1) is 0 Å². The van der Waals surface area contributed by atoms with Gasteiger partial charge in [0.05, 0.1) is 18.2 Å². The summed E-state index contributed by atoms with van der Waals surface area (Å²) in [5.41, 5.74) is -0.0454. The van der Waals surface area contributed by atoms with Crippen molar-refractivity contribution in [2.45, 2.75) is 18.8 Å². The molecule has 3 aromatic rings. The number of carbonyl (C=O) groups is 1. The van der Waals surface area contributed by atoms with E-state index < -0.39 is 29.5 Å². The lowest BCUT2D eigenvalue weighted by Gasteiger charge is -2.20. The molecular formula is C23H17F6N3O2. The molecule has 0 unspecified atom stereocenters. The molecule has 1 aliphatic rings. The molecule has 0 spiro atoms. The zero-order valence-corrected chi connectivity index (χ0v) is 17.6. The number of benzene rings is 2. The van der Waals surface area contributed by atoms with Gasteiger partial charge in [0.1, 0.15) is 11.6 Å². The van der Waals surface area contributed by atoms with Gasteiger partial charge >= 0.3 is 18.4 Å². The van der Waals surface area contributed by atoms with Crippen LogP contribution in [0.4, 0.5) is 42.6 Å². The van der Waals surface area contributed by atoms with Crippen LogP contribution < -0.4 is 15.0 Å². The standard InChI is InChI=1S/C23H17F6N3O2/c1-34-19-10-14-8-9-32(18(14)11-17(19)23(27,28)29)21(33)31-20-7-4-15(12-30-20)13-2-5-16(6-3-13)22(24,25)26/h2-7,10-12H,8-9H2,1H3,(H,30,31,33). The lowest BCUT2D eigenvalue weighted by atomic mass is 10.1. The number of hydrogen-bond donors (Lipinski definition) is 1. The van der Waals surface area contributed by atoms with Crippen molar-refractivity contribution < 1.29 is 35.9 Å². The summed E-state index contributed by atoms with van der Waals surface area (Å²) in [6, 6.07) is 9.07. The molecule has 0 saturated carbocycles. The van der Waals surface area contributed by atoms with E-state index in [9.17, 15) is 31.1 Å². The first-order valence-electron chi connectivity index (χ1n) is 9.97. The number of hydrogen-bond acceptors (Lipinski definition) is 3. The number of halogens is 6. The summed E-state index contributed by atoms with van der Waals surface area (Å²) in [6.45, 7) is 0.176. The van der Waals surface area contributed by atoms with E-state index in [1.165, 1.54) is 35.4 Å². The van der Waals surface area contributed by atoms with Crippen LogP contribution in [0.5, 0.6) is 5.75 Å². The number of alkyl halides is 6. The summed E-state index contributed by atoms with van der Waals surface area (Å²) in [7, 11) is 1.15. The predicted molar refractivity (Wildman–Crippen MR) is 113 cm³/mol. The maximum Gasteiger partial charge on any atom is 0.420 e. The largest absolute Gasteiger partial charge is 0.496 e. The topological polar surface area (TPSA) is 54.5 Å². The van der Waals surface area contributed by atoms with Crippen LogP contribution in [0.3, 0.4) is 0 Å². The molecule has 2 amide bonds. The minimum atomic E-state index is -4.65. The Morgan fingerprint density at radius 2 is 1.65 bits per heavy atom. The minimum absolute atomic E-state index is 0.131. The number of nitrogens with zero attached hydrogens (tertiary/aromatic N) is 2. The second-order valence-electron chi connectivity index (χ2n) is 7.52. The smallest absolute Gasteiger partial charge is 0.420 e. The number of nitrogens with one attached hydrogen (secondary N) is 1. The Morgan fingerprint density at radius 3 is 2.21 bits per heavy atom. The first kappa shape index (κ1) is 23.4. The van der Waals surface area contributed by atoms with Crippen molar-refractivity contribution in [3.05, 3.63) is 71.4 Å². The maximum absolute atomic E-state index is 13.4. The third-order valence-electron chi connectivity index (χ3n) is 5.39. The fourth-order valence-electron chi connectivity index (χ4n) is 3.68. The van der Waals surface area contributed by atoms with Gasteiger partial charge in [-0.1, -0.05) is 12.1 Å². The van der Waals surface area contributed by atoms with Crippen LogP contribution in [0.2, 0.25) is 0 Å². The molecule has 0 fully saturated rings. The first-order valence-corrected chi connectivity index (χ1v) is 9.97. The second-order valence-corrected chi connectivity index (χ2v) is 7.52. The third kappa shape index (κ3) is 4.63. The normalized spacial score (nSPS) is 13.6. The summed E-state index contributed by atoms with van der Waals surface area (Å²) in [5.74, 6) is -0.173. The molecule has 178 valence electrons. The van der Waals surface area contributed by atoms with Crippen molar-refractivity contribution in [3.8, 4) is 16.9 Å². The Labute approximate surface area is 190 Å². The average Bonchev–Trinajstić information content (AvgIpc) is 3.21. The molecule has 0 bridgehead atoms. The number of urea groups is 1. The highest BCUT2D eigenvalue weighted by molar-refractivity contribution is 6.02. The van der Waals surface area contributed by atoms with Crippen LogP contribution in [0, 0.1) is 0 Å². The summed E-state index contributed by atoms with van der Waals surface area (Å²) >= 11 is 0. The highest BCUT2D eigenvalue weighted by atomic mass is 19.4. The van der Waals surface area contributed by atoms with Crippen LogP contribution >= 0.6 is 0 Å². The highest BCUT2D eigenvalue weighted by Crippen LogP contribution is 2.42. The van der Waals surface area contributed by atoms with E-state index >= 15 is 0 Å². The lowest BCUT2D eigenvalue weighted by molar-refractivity contribution is -0.139. The van der Waals surface area contributed by atoms with E-state index in [1.54, 1.807) is 6.07 Å². The zero-order valence-electron chi connectivity index (χ0n) is 17.6. The van der Waals surface area contributed by atoms with Crippen LogP contribution in [-0.4, -0.2) is 24.7 Å². The van der Waals surface area contributed by atoms with E-state index in [-0.39, 0.29) is 23.8 Å². The Hall–Kier alpha value is -3.76. The van der Waals surface area contributed by atoms with Gasteiger partial charge in [-0.05, 0) is 53.9 Å². The number of carbonyl (C=O) groups excluding carboxylic acids is 1. The van der Waals surface area contributed by atoms with Crippen molar-refractivity contribution in [1.82, 2.24) is 4.98 Å². The number of anilines is 2. The summed E-state index contributed by atoms with van der Waals surface area (Å²) in [6.07, 6.45) is -7.35. The summed E-state index contributed by atoms with van der Waals surface area (Å²) < 4.78 is 83.1. The van der Waals surface area contributed by atoms with Gasteiger partial charge in [0, 0.05) is 24.0 Å². The molecule has 34 heavy (non-hydrogen) atoms. The number of ether oxygens (including phenoxy) is 1. The van der Waals surface area contributed by atoms with Gasteiger partial charge in [-0.25, -0.2) is 9.78 Å². The van der Waals surface area contributed by atoms with Crippen molar-refractivity contribution >= 4 is 17.5 Å². The molecule has 1 N–H and O–H groups in total.